The Hall–Kier alpha value is -1.93. The molecule has 3 atom stereocenters. The van der Waals surface area contributed by atoms with Gasteiger partial charge < -0.3 is 9.84 Å². The first kappa shape index (κ1) is 20.4. The molecule has 7 nitrogen and oxygen atoms in total. The van der Waals surface area contributed by atoms with Crippen LogP contribution in [-0.2, 0) is 19.4 Å². The van der Waals surface area contributed by atoms with Crippen molar-refractivity contribution >= 4 is 22.0 Å². The molecule has 1 fully saturated rings. The molecule has 1 aromatic rings. The molecule has 144 valence electrons. The summed E-state index contributed by atoms with van der Waals surface area (Å²) in [5.74, 6) is -1.05. The molecule has 1 heterocycles. The molecule has 0 aromatic heterocycles. The van der Waals surface area contributed by atoms with Gasteiger partial charge in [-0.25, -0.2) is 9.00 Å². The second-order valence-electron chi connectivity index (χ2n) is 7.68. The van der Waals surface area contributed by atoms with E-state index >= 15 is 0 Å². The van der Waals surface area contributed by atoms with Crippen LogP contribution in [0.25, 0.3) is 0 Å². The van der Waals surface area contributed by atoms with Crippen LogP contribution in [0.1, 0.15) is 39.7 Å². The van der Waals surface area contributed by atoms with Crippen LogP contribution < -0.4 is 0 Å². The lowest BCUT2D eigenvalue weighted by Gasteiger charge is -2.26. The summed E-state index contributed by atoms with van der Waals surface area (Å²) in [6.45, 7) is 9.10. The first-order valence-electron chi connectivity index (χ1n) is 8.49. The summed E-state index contributed by atoms with van der Waals surface area (Å²) in [6, 6.07) is 5.79. The molecule has 1 saturated heterocycles. The Balaban J connectivity index is 2.59. The first-order chi connectivity index (χ1) is 11.9. The van der Waals surface area contributed by atoms with Crippen LogP contribution in [0.4, 0.5) is 4.79 Å². The lowest BCUT2D eigenvalue weighted by Crippen LogP contribution is -2.41. The van der Waals surface area contributed by atoms with Gasteiger partial charge in [-0.15, -0.1) is 4.36 Å². The zero-order valence-corrected chi connectivity index (χ0v) is 16.6. The third kappa shape index (κ3) is 4.62. The highest BCUT2D eigenvalue weighted by atomic mass is 32.2. The van der Waals surface area contributed by atoms with Crippen molar-refractivity contribution in [1.82, 2.24) is 4.31 Å². The number of benzene rings is 1. The van der Waals surface area contributed by atoms with Crippen LogP contribution >= 0.6 is 0 Å². The van der Waals surface area contributed by atoms with Crippen LogP contribution in [0.3, 0.4) is 0 Å². The van der Waals surface area contributed by atoms with E-state index in [0.29, 0.717) is 11.3 Å². The average Bonchev–Trinajstić information content (AvgIpc) is 2.88. The Kier molecular flexibility index (Phi) is 5.77. The standard InChI is InChI=1S/C18H26N2O5S/c1-12-6-8-14(9-7-12)26(24,19-17(23)25-18(3,4)5)20-11-13(2)10-15(20)16(21)22/h6-9,13,15H,10-11H2,1-5H3,(H,21,22)/t13?,15-,26?/m1/s1. The molecule has 1 aromatic carbocycles. The Morgan fingerprint density at radius 2 is 1.85 bits per heavy atom. The summed E-state index contributed by atoms with van der Waals surface area (Å²) in [6.07, 6.45) is -0.617. The second-order valence-corrected chi connectivity index (χ2v) is 9.79. The summed E-state index contributed by atoms with van der Waals surface area (Å²) in [4.78, 5) is 24.3. The Bertz CT molecular complexity index is 804. The Labute approximate surface area is 154 Å². The number of hydrogen-bond donors (Lipinski definition) is 1. The highest BCUT2D eigenvalue weighted by Gasteiger charge is 2.42. The van der Waals surface area contributed by atoms with Gasteiger partial charge in [0.2, 0.25) is 0 Å². The smallest absolute Gasteiger partial charge is 0.443 e. The summed E-state index contributed by atoms with van der Waals surface area (Å²) in [7, 11) is -3.46. The third-order valence-corrected chi connectivity index (χ3v) is 6.31. The number of carbonyl (C=O) groups excluding carboxylic acids is 1. The predicted molar refractivity (Wildman–Crippen MR) is 98.2 cm³/mol. The van der Waals surface area contributed by atoms with Crippen molar-refractivity contribution in [2.45, 2.75) is 57.6 Å². The van der Waals surface area contributed by atoms with E-state index in [4.69, 9.17) is 4.74 Å². The van der Waals surface area contributed by atoms with E-state index in [9.17, 15) is 18.9 Å². The fourth-order valence-corrected chi connectivity index (χ4v) is 5.03. The van der Waals surface area contributed by atoms with Gasteiger partial charge in [0.25, 0.3) is 0 Å². The van der Waals surface area contributed by atoms with Gasteiger partial charge in [0.05, 0.1) is 4.90 Å². The van der Waals surface area contributed by atoms with Crippen LogP contribution in [0, 0.1) is 12.8 Å². The fourth-order valence-electron chi connectivity index (χ4n) is 2.84. The number of amides is 1. The maximum atomic E-state index is 13.9. The number of carboxylic acid groups (broad SMARTS) is 1. The molecular weight excluding hydrogens is 356 g/mol. The van der Waals surface area contributed by atoms with Crippen molar-refractivity contribution in [2.24, 2.45) is 10.3 Å². The van der Waals surface area contributed by atoms with E-state index in [1.165, 1.54) is 4.31 Å². The van der Waals surface area contributed by atoms with Gasteiger partial charge in [-0.2, -0.15) is 4.31 Å². The topological polar surface area (TPSA) is 96.3 Å². The van der Waals surface area contributed by atoms with Gasteiger partial charge in [0.1, 0.15) is 11.6 Å². The van der Waals surface area contributed by atoms with Crippen LogP contribution in [0.2, 0.25) is 0 Å². The molecule has 1 N–H and O–H groups in total. The number of ether oxygens (including phenoxy) is 1. The monoisotopic (exact) mass is 382 g/mol. The van der Waals surface area contributed by atoms with E-state index in [0.717, 1.165) is 5.56 Å². The first-order valence-corrected chi connectivity index (χ1v) is 9.96. The minimum atomic E-state index is -3.46. The van der Waals surface area contributed by atoms with Crippen molar-refractivity contribution in [3.63, 3.8) is 0 Å². The third-order valence-electron chi connectivity index (χ3n) is 3.99. The molecule has 1 amide bonds. The Morgan fingerprint density at radius 3 is 2.35 bits per heavy atom. The zero-order valence-electron chi connectivity index (χ0n) is 15.8. The second kappa shape index (κ2) is 7.36. The van der Waals surface area contributed by atoms with Crippen LogP contribution in [-0.4, -0.2) is 43.9 Å². The van der Waals surface area contributed by atoms with E-state index < -0.39 is 33.6 Å². The van der Waals surface area contributed by atoms with Crippen LogP contribution in [0.5, 0.6) is 0 Å². The van der Waals surface area contributed by atoms with E-state index in [2.05, 4.69) is 4.36 Å². The quantitative estimate of drug-likeness (QED) is 0.863. The van der Waals surface area contributed by atoms with Crippen LogP contribution in [0.15, 0.2) is 33.5 Å². The number of carboxylic acids is 1. The van der Waals surface area contributed by atoms with Crippen molar-refractivity contribution in [3.05, 3.63) is 29.8 Å². The normalized spacial score (nSPS) is 23.3. The SMILES string of the molecule is Cc1ccc(S(=O)(=NC(=O)OC(C)(C)C)N2CC(C)C[C@@H]2C(=O)O)cc1. The van der Waals surface area contributed by atoms with Gasteiger partial charge in [-0.3, -0.25) is 4.79 Å². The Morgan fingerprint density at radius 1 is 1.27 bits per heavy atom. The van der Waals surface area contributed by atoms with E-state index in [-0.39, 0.29) is 12.5 Å². The van der Waals surface area contributed by atoms with Gasteiger partial charge in [0.15, 0.2) is 9.92 Å². The highest BCUT2D eigenvalue weighted by molar-refractivity contribution is 7.91. The molecule has 2 rings (SSSR count). The molecule has 0 aliphatic carbocycles. The van der Waals surface area contributed by atoms with Crippen molar-refractivity contribution in [2.75, 3.05) is 6.54 Å². The summed E-state index contributed by atoms with van der Waals surface area (Å²) >= 11 is 0. The van der Waals surface area contributed by atoms with Crippen molar-refractivity contribution < 1.29 is 23.6 Å². The number of rotatable bonds is 3. The van der Waals surface area contributed by atoms with Gasteiger partial charge in [0, 0.05) is 6.54 Å². The van der Waals surface area contributed by atoms with Crippen molar-refractivity contribution in [1.29, 1.82) is 0 Å². The molecule has 1 aliphatic rings. The lowest BCUT2D eigenvalue weighted by atomic mass is 10.1. The van der Waals surface area contributed by atoms with E-state index in [1.54, 1.807) is 45.0 Å². The molecule has 2 unspecified atom stereocenters. The van der Waals surface area contributed by atoms with Gasteiger partial charge >= 0.3 is 12.1 Å². The maximum Gasteiger partial charge on any atom is 0.443 e. The molecule has 1 aliphatic heterocycles. The molecule has 0 spiro atoms. The van der Waals surface area contributed by atoms with Gasteiger partial charge in [-0.1, -0.05) is 24.6 Å². The molecular formula is C18H26N2O5S. The molecule has 0 radical (unpaired) electrons. The lowest BCUT2D eigenvalue weighted by molar-refractivity contribution is -0.140. The zero-order chi connectivity index (χ0) is 19.7. The number of aryl methyl sites for hydroxylation is 1. The van der Waals surface area contributed by atoms with E-state index in [1.807, 2.05) is 13.8 Å². The molecule has 26 heavy (non-hydrogen) atoms. The van der Waals surface area contributed by atoms with Gasteiger partial charge in [-0.05, 0) is 52.2 Å². The average molecular weight is 382 g/mol. The van der Waals surface area contributed by atoms with Crippen molar-refractivity contribution in [3.8, 4) is 0 Å². The predicted octanol–water partition coefficient (Wildman–Crippen LogP) is 3.47. The maximum absolute atomic E-state index is 13.9. The molecule has 0 bridgehead atoms. The number of aliphatic carboxylic acids is 1. The fraction of sp³-hybridized carbons (Fsp3) is 0.556. The minimum absolute atomic E-state index is 0.0243. The molecule has 0 saturated carbocycles. The highest BCUT2D eigenvalue weighted by Crippen LogP contribution is 2.31. The summed E-state index contributed by atoms with van der Waals surface area (Å²) < 4.78 is 24.3. The molecule has 8 heteroatoms. The largest absolute Gasteiger partial charge is 0.480 e. The number of hydrogen-bond acceptors (Lipinski definition) is 4. The minimum Gasteiger partial charge on any atom is -0.480 e. The number of nitrogens with zero attached hydrogens (tertiary/aromatic N) is 2. The summed E-state index contributed by atoms with van der Waals surface area (Å²) in [5.41, 5.74) is 0.163. The summed E-state index contributed by atoms with van der Waals surface area (Å²) in [5, 5.41) is 9.55. The number of carbonyl (C=O) groups is 2.